The van der Waals surface area contributed by atoms with Gasteiger partial charge in [-0.15, -0.1) is 0 Å². The molecule has 0 heterocycles. The summed E-state index contributed by atoms with van der Waals surface area (Å²) >= 11 is 0. The van der Waals surface area contributed by atoms with Crippen molar-refractivity contribution in [3.63, 3.8) is 0 Å². The average Bonchev–Trinajstić information content (AvgIpc) is 2.46. The van der Waals surface area contributed by atoms with E-state index in [-0.39, 0.29) is 17.3 Å². The van der Waals surface area contributed by atoms with Crippen LogP contribution in [0.2, 0.25) is 0 Å². The Labute approximate surface area is 127 Å². The van der Waals surface area contributed by atoms with Gasteiger partial charge < -0.3 is 5.32 Å². The summed E-state index contributed by atoms with van der Waals surface area (Å²) in [4.78, 5) is 0. The van der Waals surface area contributed by atoms with E-state index < -0.39 is 0 Å². The standard InChI is InChI=1S/C19H24FN/c1-19(2,3)16-11-9-14(10-12-16)18(21-4)13-15-7-5-6-8-17(15)20/h5-12,18,21H,13H2,1-4H3. The molecule has 112 valence electrons. The highest BCUT2D eigenvalue weighted by Gasteiger charge is 2.16. The van der Waals surface area contributed by atoms with Crippen molar-refractivity contribution in [1.29, 1.82) is 0 Å². The van der Waals surface area contributed by atoms with Gasteiger partial charge >= 0.3 is 0 Å². The van der Waals surface area contributed by atoms with Crippen LogP contribution in [0.1, 0.15) is 43.5 Å². The first-order valence-electron chi connectivity index (χ1n) is 7.43. The van der Waals surface area contributed by atoms with Crippen molar-refractivity contribution in [1.82, 2.24) is 5.32 Å². The number of hydrogen-bond donors (Lipinski definition) is 1. The van der Waals surface area contributed by atoms with Crippen molar-refractivity contribution in [3.05, 3.63) is 71.0 Å². The fraction of sp³-hybridized carbons (Fsp3) is 0.368. The molecule has 0 aliphatic rings. The predicted molar refractivity (Wildman–Crippen MR) is 87.0 cm³/mol. The summed E-state index contributed by atoms with van der Waals surface area (Å²) in [5.74, 6) is -0.135. The minimum atomic E-state index is -0.135. The second-order valence-electron chi connectivity index (χ2n) is 6.51. The summed E-state index contributed by atoms with van der Waals surface area (Å²) in [6.07, 6.45) is 0.651. The first-order chi connectivity index (χ1) is 9.91. The summed E-state index contributed by atoms with van der Waals surface area (Å²) in [7, 11) is 1.92. The molecule has 0 spiro atoms. The molecule has 21 heavy (non-hydrogen) atoms. The molecule has 1 nitrogen and oxygen atoms in total. The number of hydrogen-bond acceptors (Lipinski definition) is 1. The molecule has 1 N–H and O–H groups in total. The number of benzene rings is 2. The Balaban J connectivity index is 2.20. The molecule has 0 radical (unpaired) electrons. The zero-order valence-corrected chi connectivity index (χ0v) is 13.3. The van der Waals surface area contributed by atoms with Crippen LogP contribution in [-0.2, 0) is 11.8 Å². The van der Waals surface area contributed by atoms with E-state index >= 15 is 0 Å². The van der Waals surface area contributed by atoms with E-state index in [9.17, 15) is 4.39 Å². The van der Waals surface area contributed by atoms with Gasteiger partial charge in [0.1, 0.15) is 5.82 Å². The second-order valence-corrected chi connectivity index (χ2v) is 6.51. The van der Waals surface area contributed by atoms with Crippen molar-refractivity contribution in [2.24, 2.45) is 0 Å². The minimum Gasteiger partial charge on any atom is -0.313 e. The molecule has 0 bridgehead atoms. The molecular formula is C19H24FN. The highest BCUT2D eigenvalue weighted by molar-refractivity contribution is 5.30. The van der Waals surface area contributed by atoms with Gasteiger partial charge in [0.25, 0.3) is 0 Å². The molecule has 2 heteroatoms. The molecule has 2 rings (SSSR count). The third-order valence-electron chi connectivity index (χ3n) is 3.91. The van der Waals surface area contributed by atoms with Crippen LogP contribution >= 0.6 is 0 Å². The third-order valence-corrected chi connectivity index (χ3v) is 3.91. The lowest BCUT2D eigenvalue weighted by Gasteiger charge is -2.21. The van der Waals surface area contributed by atoms with Crippen LogP contribution in [-0.4, -0.2) is 7.05 Å². The Morgan fingerprint density at radius 1 is 1.00 bits per heavy atom. The molecule has 0 aliphatic heterocycles. The van der Waals surface area contributed by atoms with Crippen LogP contribution in [0, 0.1) is 5.82 Å². The summed E-state index contributed by atoms with van der Waals surface area (Å²) < 4.78 is 13.8. The van der Waals surface area contributed by atoms with E-state index in [1.807, 2.05) is 19.2 Å². The summed E-state index contributed by atoms with van der Waals surface area (Å²) in [6.45, 7) is 6.62. The van der Waals surface area contributed by atoms with Gasteiger partial charge in [0.2, 0.25) is 0 Å². The van der Waals surface area contributed by atoms with Crippen molar-refractivity contribution in [2.45, 2.75) is 38.6 Å². The Bertz CT molecular complexity index is 581. The molecule has 0 saturated heterocycles. The monoisotopic (exact) mass is 285 g/mol. The molecule has 2 aromatic carbocycles. The van der Waals surface area contributed by atoms with Crippen LogP contribution in [0.5, 0.6) is 0 Å². The zero-order valence-electron chi connectivity index (χ0n) is 13.3. The molecule has 0 aliphatic carbocycles. The van der Waals surface area contributed by atoms with Gasteiger partial charge in [-0.1, -0.05) is 63.2 Å². The van der Waals surface area contributed by atoms with E-state index in [1.165, 1.54) is 17.2 Å². The van der Waals surface area contributed by atoms with E-state index in [2.05, 4.69) is 50.4 Å². The van der Waals surface area contributed by atoms with Gasteiger partial charge in [-0.3, -0.25) is 0 Å². The van der Waals surface area contributed by atoms with E-state index in [0.717, 1.165) is 5.56 Å². The van der Waals surface area contributed by atoms with Gasteiger partial charge in [-0.2, -0.15) is 0 Å². The lowest BCUT2D eigenvalue weighted by molar-refractivity contribution is 0.552. The molecule has 1 atom stereocenters. The molecule has 0 amide bonds. The molecule has 0 aromatic heterocycles. The summed E-state index contributed by atoms with van der Waals surface area (Å²) in [5, 5.41) is 3.29. The normalized spacial score (nSPS) is 13.2. The number of halogens is 1. The second kappa shape index (κ2) is 6.40. The van der Waals surface area contributed by atoms with Crippen LogP contribution < -0.4 is 5.32 Å². The highest BCUT2D eigenvalue weighted by atomic mass is 19.1. The van der Waals surface area contributed by atoms with Crippen LogP contribution in [0.25, 0.3) is 0 Å². The van der Waals surface area contributed by atoms with Crippen LogP contribution in [0.15, 0.2) is 48.5 Å². The molecule has 0 saturated carbocycles. The largest absolute Gasteiger partial charge is 0.313 e. The quantitative estimate of drug-likeness (QED) is 0.864. The average molecular weight is 285 g/mol. The van der Waals surface area contributed by atoms with Crippen molar-refractivity contribution in [2.75, 3.05) is 7.05 Å². The third kappa shape index (κ3) is 3.92. The predicted octanol–water partition coefficient (Wildman–Crippen LogP) is 4.63. The fourth-order valence-electron chi connectivity index (χ4n) is 2.49. The zero-order chi connectivity index (χ0) is 15.5. The Kier molecular flexibility index (Phi) is 4.79. The van der Waals surface area contributed by atoms with Crippen molar-refractivity contribution in [3.8, 4) is 0 Å². The summed E-state index contributed by atoms with van der Waals surface area (Å²) in [5.41, 5.74) is 3.40. The summed E-state index contributed by atoms with van der Waals surface area (Å²) in [6, 6.07) is 15.7. The Hall–Kier alpha value is -1.67. The maximum Gasteiger partial charge on any atom is 0.126 e. The Morgan fingerprint density at radius 2 is 1.62 bits per heavy atom. The highest BCUT2D eigenvalue weighted by Crippen LogP contribution is 2.25. The van der Waals surface area contributed by atoms with Gasteiger partial charge in [-0.25, -0.2) is 4.39 Å². The molecular weight excluding hydrogens is 261 g/mol. The van der Waals surface area contributed by atoms with Gasteiger partial charge in [0.15, 0.2) is 0 Å². The first-order valence-corrected chi connectivity index (χ1v) is 7.43. The van der Waals surface area contributed by atoms with Gasteiger partial charge in [-0.05, 0) is 41.6 Å². The lowest BCUT2D eigenvalue weighted by atomic mass is 9.86. The number of rotatable bonds is 4. The van der Waals surface area contributed by atoms with Crippen LogP contribution in [0.3, 0.4) is 0 Å². The first kappa shape index (κ1) is 15.7. The van der Waals surface area contributed by atoms with Gasteiger partial charge in [0.05, 0.1) is 0 Å². The SMILES string of the molecule is CNC(Cc1ccccc1F)c1ccc(C(C)(C)C)cc1. The van der Waals surface area contributed by atoms with E-state index in [4.69, 9.17) is 0 Å². The van der Waals surface area contributed by atoms with E-state index in [0.29, 0.717) is 6.42 Å². The molecule has 2 aromatic rings. The number of nitrogens with one attached hydrogen (secondary N) is 1. The van der Waals surface area contributed by atoms with E-state index in [1.54, 1.807) is 6.07 Å². The molecule has 1 unspecified atom stereocenters. The topological polar surface area (TPSA) is 12.0 Å². The maximum absolute atomic E-state index is 13.8. The smallest absolute Gasteiger partial charge is 0.126 e. The fourth-order valence-corrected chi connectivity index (χ4v) is 2.49. The van der Waals surface area contributed by atoms with Crippen molar-refractivity contribution < 1.29 is 4.39 Å². The van der Waals surface area contributed by atoms with Gasteiger partial charge in [0, 0.05) is 6.04 Å². The Morgan fingerprint density at radius 3 is 2.14 bits per heavy atom. The minimum absolute atomic E-state index is 0.121. The molecule has 0 fully saturated rings. The number of likely N-dealkylation sites (N-methyl/N-ethyl adjacent to an activating group) is 1. The van der Waals surface area contributed by atoms with Crippen LogP contribution in [0.4, 0.5) is 4.39 Å². The maximum atomic E-state index is 13.8. The lowest BCUT2D eigenvalue weighted by Crippen LogP contribution is -2.20. The van der Waals surface area contributed by atoms with Crippen molar-refractivity contribution >= 4 is 0 Å².